The van der Waals surface area contributed by atoms with Crippen molar-refractivity contribution in [3.8, 4) is 11.5 Å². The van der Waals surface area contributed by atoms with Gasteiger partial charge in [-0.2, -0.15) is 0 Å². The molecule has 1 saturated heterocycles. The summed E-state index contributed by atoms with van der Waals surface area (Å²) in [5, 5.41) is 2.83. The van der Waals surface area contributed by atoms with Gasteiger partial charge in [-0.25, -0.2) is 4.39 Å². The van der Waals surface area contributed by atoms with Crippen LogP contribution in [0.1, 0.15) is 30.9 Å². The number of nitrogens with zero attached hydrogens (tertiary/aromatic N) is 1. The maximum Gasteiger partial charge on any atom is 0.238 e. The van der Waals surface area contributed by atoms with Crippen LogP contribution in [0.3, 0.4) is 0 Å². The molecule has 0 radical (unpaired) electrons. The summed E-state index contributed by atoms with van der Waals surface area (Å²) in [4.78, 5) is 14.6. The molecule has 1 atom stereocenters. The highest BCUT2D eigenvalue weighted by molar-refractivity contribution is 5.92. The van der Waals surface area contributed by atoms with Crippen LogP contribution in [0.25, 0.3) is 0 Å². The van der Waals surface area contributed by atoms with Crippen molar-refractivity contribution in [2.24, 2.45) is 0 Å². The fourth-order valence-corrected chi connectivity index (χ4v) is 3.70. The summed E-state index contributed by atoms with van der Waals surface area (Å²) in [5.41, 5.74) is 1.75. The lowest BCUT2D eigenvalue weighted by atomic mass is 10.0. The molecule has 0 aromatic heterocycles. The molecule has 5 nitrogen and oxygen atoms in total. The van der Waals surface area contributed by atoms with Crippen LogP contribution in [-0.2, 0) is 4.79 Å². The molecule has 2 aliphatic heterocycles. The van der Waals surface area contributed by atoms with E-state index in [0.29, 0.717) is 25.4 Å². The maximum absolute atomic E-state index is 13.0. The zero-order chi connectivity index (χ0) is 18.6. The number of amides is 1. The number of hydrogen-bond acceptors (Lipinski definition) is 4. The van der Waals surface area contributed by atoms with Crippen LogP contribution in [0.4, 0.5) is 10.1 Å². The fraction of sp³-hybridized carbons (Fsp3) is 0.381. The first-order chi connectivity index (χ1) is 13.2. The van der Waals surface area contributed by atoms with Crippen LogP contribution in [0, 0.1) is 5.82 Å². The summed E-state index contributed by atoms with van der Waals surface area (Å²) < 4.78 is 24.5. The molecular weight excluding hydrogens is 347 g/mol. The largest absolute Gasteiger partial charge is 0.490 e. The van der Waals surface area contributed by atoms with E-state index >= 15 is 0 Å². The standard InChI is InChI=1S/C21H23FN2O3/c22-16-5-7-17(8-6-16)23-21(25)14-24-10-1-3-18(24)15-4-9-19-20(13-15)27-12-2-11-26-19/h4-9,13,18H,1-3,10-12,14H2,(H,23,25). The Labute approximate surface area is 158 Å². The number of likely N-dealkylation sites (tertiary alicyclic amines) is 1. The monoisotopic (exact) mass is 370 g/mol. The van der Waals surface area contributed by atoms with Gasteiger partial charge in [-0.3, -0.25) is 9.69 Å². The molecular formula is C21H23FN2O3. The number of ether oxygens (including phenoxy) is 2. The van der Waals surface area contributed by atoms with Gasteiger partial charge in [0.05, 0.1) is 19.8 Å². The molecule has 2 aromatic carbocycles. The molecule has 1 unspecified atom stereocenters. The molecule has 0 aliphatic carbocycles. The summed E-state index contributed by atoms with van der Waals surface area (Å²) in [6, 6.07) is 12.1. The van der Waals surface area contributed by atoms with Crippen LogP contribution in [0.15, 0.2) is 42.5 Å². The number of halogens is 1. The van der Waals surface area contributed by atoms with E-state index in [9.17, 15) is 9.18 Å². The minimum absolute atomic E-state index is 0.0946. The number of anilines is 1. The highest BCUT2D eigenvalue weighted by Gasteiger charge is 2.28. The number of rotatable bonds is 4. The zero-order valence-electron chi connectivity index (χ0n) is 15.1. The first-order valence-electron chi connectivity index (χ1n) is 9.38. The average molecular weight is 370 g/mol. The van der Waals surface area contributed by atoms with Crippen molar-refractivity contribution < 1.29 is 18.7 Å². The van der Waals surface area contributed by atoms with Gasteiger partial charge in [0.15, 0.2) is 11.5 Å². The number of benzene rings is 2. The summed E-state index contributed by atoms with van der Waals surface area (Å²) in [7, 11) is 0. The molecule has 27 heavy (non-hydrogen) atoms. The minimum Gasteiger partial charge on any atom is -0.490 e. The van der Waals surface area contributed by atoms with E-state index in [1.807, 2.05) is 12.1 Å². The molecule has 142 valence electrons. The predicted molar refractivity (Wildman–Crippen MR) is 101 cm³/mol. The Morgan fingerprint density at radius 3 is 2.67 bits per heavy atom. The van der Waals surface area contributed by atoms with Gasteiger partial charge >= 0.3 is 0 Å². The summed E-state index contributed by atoms with van der Waals surface area (Å²) in [6.45, 7) is 2.50. The highest BCUT2D eigenvalue weighted by atomic mass is 19.1. The molecule has 1 fully saturated rings. The molecule has 4 rings (SSSR count). The second-order valence-electron chi connectivity index (χ2n) is 6.94. The smallest absolute Gasteiger partial charge is 0.238 e. The van der Waals surface area contributed by atoms with Gasteiger partial charge in [-0.15, -0.1) is 0 Å². The Balaban J connectivity index is 1.43. The minimum atomic E-state index is -0.318. The van der Waals surface area contributed by atoms with E-state index < -0.39 is 0 Å². The van der Waals surface area contributed by atoms with E-state index in [-0.39, 0.29) is 17.8 Å². The van der Waals surface area contributed by atoms with E-state index in [2.05, 4.69) is 16.3 Å². The van der Waals surface area contributed by atoms with Crippen molar-refractivity contribution in [1.29, 1.82) is 0 Å². The normalized spacial score (nSPS) is 19.5. The highest BCUT2D eigenvalue weighted by Crippen LogP contribution is 2.37. The van der Waals surface area contributed by atoms with Gasteiger partial charge in [0.2, 0.25) is 5.91 Å². The van der Waals surface area contributed by atoms with Crippen molar-refractivity contribution in [3.05, 3.63) is 53.8 Å². The number of hydrogen-bond donors (Lipinski definition) is 1. The van der Waals surface area contributed by atoms with Crippen LogP contribution in [0.5, 0.6) is 11.5 Å². The topological polar surface area (TPSA) is 50.8 Å². The lowest BCUT2D eigenvalue weighted by molar-refractivity contribution is -0.117. The molecule has 1 amide bonds. The molecule has 0 saturated carbocycles. The summed E-state index contributed by atoms with van der Waals surface area (Å²) in [5.74, 6) is 1.16. The quantitative estimate of drug-likeness (QED) is 0.890. The van der Waals surface area contributed by atoms with Gasteiger partial charge in [0.1, 0.15) is 5.82 Å². The Kier molecular flexibility index (Phi) is 5.25. The fourth-order valence-electron chi connectivity index (χ4n) is 3.70. The van der Waals surface area contributed by atoms with Gasteiger partial charge in [0.25, 0.3) is 0 Å². The van der Waals surface area contributed by atoms with Crippen molar-refractivity contribution in [1.82, 2.24) is 4.90 Å². The summed E-state index contributed by atoms with van der Waals surface area (Å²) in [6.07, 6.45) is 2.93. The Morgan fingerprint density at radius 1 is 1.07 bits per heavy atom. The van der Waals surface area contributed by atoms with Crippen molar-refractivity contribution >= 4 is 11.6 Å². The van der Waals surface area contributed by atoms with Crippen LogP contribution >= 0.6 is 0 Å². The average Bonchev–Trinajstić information content (AvgIpc) is 2.99. The number of carbonyl (C=O) groups is 1. The van der Waals surface area contributed by atoms with Crippen LogP contribution in [-0.4, -0.2) is 37.1 Å². The number of fused-ring (bicyclic) bond motifs is 1. The molecule has 2 aliphatic rings. The van der Waals surface area contributed by atoms with Crippen molar-refractivity contribution in [2.75, 3.05) is 31.6 Å². The molecule has 2 aromatic rings. The third kappa shape index (κ3) is 4.22. The third-order valence-electron chi connectivity index (χ3n) is 4.99. The Hall–Kier alpha value is -2.60. The van der Waals surface area contributed by atoms with Crippen LogP contribution in [0.2, 0.25) is 0 Å². The number of carbonyl (C=O) groups excluding carboxylic acids is 1. The number of nitrogens with one attached hydrogen (secondary N) is 1. The molecule has 2 heterocycles. The second kappa shape index (κ2) is 7.96. The van der Waals surface area contributed by atoms with E-state index in [1.54, 1.807) is 12.1 Å². The third-order valence-corrected chi connectivity index (χ3v) is 4.99. The zero-order valence-corrected chi connectivity index (χ0v) is 15.1. The maximum atomic E-state index is 13.0. The molecule has 0 spiro atoms. The van der Waals surface area contributed by atoms with E-state index in [0.717, 1.165) is 42.9 Å². The van der Waals surface area contributed by atoms with Gasteiger partial charge < -0.3 is 14.8 Å². The first-order valence-corrected chi connectivity index (χ1v) is 9.38. The Bertz CT molecular complexity index is 810. The van der Waals surface area contributed by atoms with Gasteiger partial charge in [-0.1, -0.05) is 6.07 Å². The molecule has 6 heteroatoms. The van der Waals surface area contributed by atoms with Gasteiger partial charge in [0, 0.05) is 18.2 Å². The van der Waals surface area contributed by atoms with Crippen molar-refractivity contribution in [3.63, 3.8) is 0 Å². The lowest BCUT2D eigenvalue weighted by Crippen LogP contribution is -2.32. The van der Waals surface area contributed by atoms with Crippen molar-refractivity contribution in [2.45, 2.75) is 25.3 Å². The Morgan fingerprint density at radius 2 is 1.85 bits per heavy atom. The SMILES string of the molecule is O=C(CN1CCCC1c1ccc2c(c1)OCCCO2)Nc1ccc(F)cc1. The second-order valence-corrected chi connectivity index (χ2v) is 6.94. The lowest BCUT2D eigenvalue weighted by Gasteiger charge is -2.25. The summed E-state index contributed by atoms with van der Waals surface area (Å²) >= 11 is 0. The van der Waals surface area contributed by atoms with E-state index in [4.69, 9.17) is 9.47 Å². The predicted octanol–water partition coefficient (Wildman–Crippen LogP) is 3.76. The molecule has 1 N–H and O–H groups in total. The van der Waals surface area contributed by atoms with E-state index in [1.165, 1.54) is 12.1 Å². The van der Waals surface area contributed by atoms with Gasteiger partial charge in [-0.05, 0) is 61.3 Å². The van der Waals surface area contributed by atoms with Crippen LogP contribution < -0.4 is 14.8 Å². The molecule has 0 bridgehead atoms. The first kappa shape index (κ1) is 17.8.